The topological polar surface area (TPSA) is 54.9 Å². The Labute approximate surface area is 106 Å². The number of hydrogen-bond acceptors (Lipinski definition) is 3. The van der Waals surface area contributed by atoms with E-state index in [1.807, 2.05) is 0 Å². The summed E-state index contributed by atoms with van der Waals surface area (Å²) in [4.78, 5) is 19.1. The number of carbonyl (C=O) groups excluding carboxylic acids is 1. The Hall–Kier alpha value is -2.08. The van der Waals surface area contributed by atoms with Crippen molar-refractivity contribution in [3.63, 3.8) is 0 Å². The van der Waals surface area contributed by atoms with Gasteiger partial charge in [0.2, 0.25) is 5.95 Å². The monoisotopic (exact) mass is 269 g/mol. The summed E-state index contributed by atoms with van der Waals surface area (Å²) in [6, 6.07) is 2.65. The molecule has 92 valence electrons. The largest absolute Gasteiger partial charge is 0.290 e. The highest BCUT2D eigenvalue weighted by Crippen LogP contribution is 2.12. The molecule has 0 aliphatic heterocycles. The van der Waals surface area contributed by atoms with Crippen LogP contribution in [-0.2, 0) is 0 Å². The fraction of sp³-hybridized carbons (Fsp3) is 0. The highest BCUT2D eigenvalue weighted by molar-refractivity contribution is 6.30. The molecule has 0 atom stereocenters. The normalized spacial score (nSPS) is 10.2. The smallest absolute Gasteiger partial charge is 0.260 e. The zero-order chi connectivity index (χ0) is 13.1. The molecule has 2 aromatic rings. The standard InChI is InChI=1S/C11H6ClF2N3O/c12-6-4-15-11(16-5-6)17-10(18)8-2-1-7(13)3-9(8)14/h1-5H,(H,15,16,17,18). The van der Waals surface area contributed by atoms with Crippen molar-refractivity contribution in [2.24, 2.45) is 0 Å². The van der Waals surface area contributed by atoms with Gasteiger partial charge in [-0.2, -0.15) is 0 Å². The minimum Gasteiger partial charge on any atom is -0.290 e. The summed E-state index contributed by atoms with van der Waals surface area (Å²) in [6.45, 7) is 0. The van der Waals surface area contributed by atoms with Gasteiger partial charge in [-0.05, 0) is 12.1 Å². The molecule has 0 spiro atoms. The number of amides is 1. The Morgan fingerprint density at radius 2 is 1.89 bits per heavy atom. The highest BCUT2D eigenvalue weighted by Gasteiger charge is 2.13. The first kappa shape index (κ1) is 12.4. The van der Waals surface area contributed by atoms with E-state index in [1.165, 1.54) is 12.4 Å². The first-order valence-corrected chi connectivity index (χ1v) is 5.18. The van der Waals surface area contributed by atoms with Crippen LogP contribution >= 0.6 is 11.6 Å². The Morgan fingerprint density at radius 1 is 1.22 bits per heavy atom. The molecule has 0 unspecified atom stereocenters. The SMILES string of the molecule is O=C(Nc1ncc(Cl)cn1)c1ccc(F)cc1F. The molecule has 0 aliphatic carbocycles. The van der Waals surface area contributed by atoms with Crippen LogP contribution in [0.5, 0.6) is 0 Å². The molecule has 0 saturated heterocycles. The second kappa shape index (κ2) is 5.05. The number of nitrogens with one attached hydrogen (secondary N) is 1. The van der Waals surface area contributed by atoms with Gasteiger partial charge >= 0.3 is 0 Å². The average Bonchev–Trinajstić information content (AvgIpc) is 2.32. The summed E-state index contributed by atoms with van der Waals surface area (Å²) >= 11 is 5.57. The fourth-order valence-electron chi connectivity index (χ4n) is 1.22. The molecule has 4 nitrogen and oxygen atoms in total. The van der Waals surface area contributed by atoms with Gasteiger partial charge in [-0.15, -0.1) is 0 Å². The van der Waals surface area contributed by atoms with Crippen molar-refractivity contribution in [2.75, 3.05) is 5.32 Å². The number of nitrogens with zero attached hydrogens (tertiary/aromatic N) is 2. The van der Waals surface area contributed by atoms with Gasteiger partial charge in [-0.3, -0.25) is 10.1 Å². The Morgan fingerprint density at radius 3 is 2.50 bits per heavy atom. The molecule has 2 rings (SSSR count). The zero-order valence-electron chi connectivity index (χ0n) is 8.82. The van der Waals surface area contributed by atoms with Crippen LogP contribution in [0, 0.1) is 11.6 Å². The predicted molar refractivity (Wildman–Crippen MR) is 61.4 cm³/mol. The summed E-state index contributed by atoms with van der Waals surface area (Å²) in [5.74, 6) is -2.50. The summed E-state index contributed by atoms with van der Waals surface area (Å²) in [7, 11) is 0. The van der Waals surface area contributed by atoms with Crippen molar-refractivity contribution < 1.29 is 13.6 Å². The molecule has 1 amide bonds. The van der Waals surface area contributed by atoms with E-state index >= 15 is 0 Å². The van der Waals surface area contributed by atoms with E-state index in [0.717, 1.165) is 12.1 Å². The quantitative estimate of drug-likeness (QED) is 0.912. The molecule has 18 heavy (non-hydrogen) atoms. The van der Waals surface area contributed by atoms with E-state index in [4.69, 9.17) is 11.6 Å². The first-order valence-electron chi connectivity index (χ1n) is 4.80. The Kier molecular flexibility index (Phi) is 3.47. The molecule has 1 aromatic carbocycles. The molecule has 0 fully saturated rings. The van der Waals surface area contributed by atoms with Gasteiger partial charge in [0, 0.05) is 6.07 Å². The third-order valence-electron chi connectivity index (χ3n) is 2.02. The lowest BCUT2D eigenvalue weighted by Crippen LogP contribution is -2.15. The van der Waals surface area contributed by atoms with Crippen LogP contribution < -0.4 is 5.32 Å². The third kappa shape index (κ3) is 2.78. The number of benzene rings is 1. The van der Waals surface area contributed by atoms with Crippen LogP contribution in [0.3, 0.4) is 0 Å². The second-order valence-electron chi connectivity index (χ2n) is 3.30. The van der Waals surface area contributed by atoms with Crippen LogP contribution in [0.2, 0.25) is 5.02 Å². The first-order chi connectivity index (χ1) is 8.56. The summed E-state index contributed by atoms with van der Waals surface area (Å²) in [5.41, 5.74) is -0.296. The van der Waals surface area contributed by atoms with Crippen molar-refractivity contribution >= 4 is 23.5 Å². The van der Waals surface area contributed by atoms with E-state index in [-0.39, 0.29) is 11.5 Å². The molecule has 1 aromatic heterocycles. The number of carbonyl (C=O) groups is 1. The molecule has 0 saturated carbocycles. The summed E-state index contributed by atoms with van der Waals surface area (Å²) in [5, 5.41) is 2.57. The molecule has 0 aliphatic rings. The van der Waals surface area contributed by atoms with Crippen LogP contribution in [0.4, 0.5) is 14.7 Å². The fourth-order valence-corrected chi connectivity index (χ4v) is 1.32. The van der Waals surface area contributed by atoms with Gasteiger partial charge in [0.05, 0.1) is 23.0 Å². The molecule has 1 heterocycles. The van der Waals surface area contributed by atoms with Crippen molar-refractivity contribution in [1.82, 2.24) is 9.97 Å². The lowest BCUT2D eigenvalue weighted by Gasteiger charge is -2.04. The van der Waals surface area contributed by atoms with Crippen LogP contribution in [0.1, 0.15) is 10.4 Å². The van der Waals surface area contributed by atoms with E-state index < -0.39 is 17.5 Å². The van der Waals surface area contributed by atoms with Crippen LogP contribution in [-0.4, -0.2) is 15.9 Å². The number of hydrogen-bond donors (Lipinski definition) is 1. The number of aromatic nitrogens is 2. The summed E-state index contributed by atoms with van der Waals surface area (Å²) < 4.78 is 26.0. The van der Waals surface area contributed by atoms with Crippen molar-refractivity contribution in [2.45, 2.75) is 0 Å². The maximum Gasteiger partial charge on any atom is 0.260 e. The van der Waals surface area contributed by atoms with Gasteiger partial charge in [0.25, 0.3) is 5.91 Å². The minimum atomic E-state index is -0.957. The Bertz CT molecular complexity index is 589. The molecular formula is C11H6ClF2N3O. The van der Waals surface area contributed by atoms with Crippen molar-refractivity contribution in [1.29, 1.82) is 0 Å². The minimum absolute atomic E-state index is 0.0203. The van der Waals surface area contributed by atoms with Gasteiger partial charge in [0.15, 0.2) is 0 Å². The van der Waals surface area contributed by atoms with E-state index in [2.05, 4.69) is 15.3 Å². The van der Waals surface area contributed by atoms with Crippen LogP contribution in [0.15, 0.2) is 30.6 Å². The maximum absolute atomic E-state index is 13.3. The number of anilines is 1. The highest BCUT2D eigenvalue weighted by atomic mass is 35.5. The van der Waals surface area contributed by atoms with E-state index in [0.29, 0.717) is 11.1 Å². The van der Waals surface area contributed by atoms with E-state index in [1.54, 1.807) is 0 Å². The number of rotatable bonds is 2. The maximum atomic E-state index is 13.3. The van der Waals surface area contributed by atoms with Crippen molar-refractivity contribution in [3.8, 4) is 0 Å². The van der Waals surface area contributed by atoms with Gasteiger partial charge < -0.3 is 0 Å². The molecule has 7 heteroatoms. The Balaban J connectivity index is 2.19. The molecule has 0 radical (unpaired) electrons. The van der Waals surface area contributed by atoms with Gasteiger partial charge in [-0.25, -0.2) is 18.7 Å². The molecule has 1 N–H and O–H groups in total. The van der Waals surface area contributed by atoms with Gasteiger partial charge in [0.1, 0.15) is 11.6 Å². The second-order valence-corrected chi connectivity index (χ2v) is 3.74. The lowest BCUT2D eigenvalue weighted by molar-refractivity contribution is 0.102. The van der Waals surface area contributed by atoms with Crippen LogP contribution in [0.25, 0.3) is 0 Å². The molecule has 0 bridgehead atoms. The number of halogens is 3. The third-order valence-corrected chi connectivity index (χ3v) is 2.22. The zero-order valence-corrected chi connectivity index (χ0v) is 9.58. The van der Waals surface area contributed by atoms with Crippen molar-refractivity contribution in [3.05, 3.63) is 52.8 Å². The predicted octanol–water partition coefficient (Wildman–Crippen LogP) is 2.66. The van der Waals surface area contributed by atoms with E-state index in [9.17, 15) is 13.6 Å². The lowest BCUT2D eigenvalue weighted by atomic mass is 10.2. The van der Waals surface area contributed by atoms with Gasteiger partial charge in [-0.1, -0.05) is 11.6 Å². The molecular weight excluding hydrogens is 264 g/mol. The average molecular weight is 270 g/mol. The summed E-state index contributed by atoms with van der Waals surface area (Å²) in [6.07, 6.45) is 2.57.